The van der Waals surface area contributed by atoms with Crippen molar-refractivity contribution >= 4 is 22.9 Å². The zero-order valence-electron chi connectivity index (χ0n) is 17.4. The molecule has 1 unspecified atom stereocenters. The summed E-state index contributed by atoms with van der Waals surface area (Å²) in [5, 5.41) is 6.02. The molecule has 6 heteroatoms. The second-order valence-corrected chi connectivity index (χ2v) is 8.37. The summed E-state index contributed by atoms with van der Waals surface area (Å²) in [7, 11) is 3.63. The predicted octanol–water partition coefficient (Wildman–Crippen LogP) is 3.60. The van der Waals surface area contributed by atoms with E-state index in [-0.39, 0.29) is 5.91 Å². The van der Waals surface area contributed by atoms with Gasteiger partial charge in [-0.15, -0.1) is 11.3 Å². The normalized spacial score (nSPS) is 12.0. The molecule has 1 heterocycles. The summed E-state index contributed by atoms with van der Waals surface area (Å²) in [6.45, 7) is 5.47. The highest BCUT2D eigenvalue weighted by Crippen LogP contribution is 2.25. The van der Waals surface area contributed by atoms with E-state index in [0.717, 1.165) is 32.6 Å². The van der Waals surface area contributed by atoms with Crippen molar-refractivity contribution in [2.75, 3.05) is 26.0 Å². The summed E-state index contributed by atoms with van der Waals surface area (Å²) in [6.07, 6.45) is 0. The summed E-state index contributed by atoms with van der Waals surface area (Å²) in [5.41, 5.74) is 4.25. The Bertz CT molecular complexity index is 934. The summed E-state index contributed by atoms with van der Waals surface area (Å²) in [4.78, 5) is 18.1. The van der Waals surface area contributed by atoms with Crippen molar-refractivity contribution in [1.29, 1.82) is 0 Å². The van der Waals surface area contributed by atoms with E-state index >= 15 is 0 Å². The smallest absolute Gasteiger partial charge is 0.279 e. The fourth-order valence-corrected chi connectivity index (χ4v) is 3.88. The molecule has 29 heavy (non-hydrogen) atoms. The molecule has 0 saturated carbocycles. The van der Waals surface area contributed by atoms with Gasteiger partial charge in [-0.1, -0.05) is 38.1 Å². The number of rotatable bonds is 8. The molecule has 1 aromatic heterocycles. The molecule has 2 aromatic carbocycles. The first-order chi connectivity index (χ1) is 13.9. The van der Waals surface area contributed by atoms with E-state index in [1.54, 1.807) is 18.4 Å². The van der Waals surface area contributed by atoms with E-state index in [4.69, 9.17) is 9.72 Å². The van der Waals surface area contributed by atoms with E-state index < -0.39 is 0 Å². The van der Waals surface area contributed by atoms with Gasteiger partial charge in [-0.25, -0.2) is 4.98 Å². The number of hydrogen-bond acceptors (Lipinski definition) is 4. The number of carbonyl (C=O) groups excluding carboxylic acids is 1. The van der Waals surface area contributed by atoms with E-state index in [0.29, 0.717) is 19.0 Å². The SMILES string of the molecule is COc1ccc(NC(=O)C[NH+](C)Cc2csc(-c3ccc(C(C)C)cc3)n2)cc1. The predicted molar refractivity (Wildman–Crippen MR) is 119 cm³/mol. The number of nitrogens with one attached hydrogen (secondary N) is 2. The molecule has 2 N–H and O–H groups in total. The maximum absolute atomic E-state index is 12.3. The van der Waals surface area contributed by atoms with Crippen molar-refractivity contribution in [3.05, 3.63) is 65.2 Å². The molecule has 3 aromatic rings. The van der Waals surface area contributed by atoms with Gasteiger partial charge in [0, 0.05) is 16.6 Å². The van der Waals surface area contributed by atoms with Crippen LogP contribution in [0.1, 0.15) is 31.0 Å². The molecule has 152 valence electrons. The molecule has 1 amide bonds. The molecule has 0 aliphatic heterocycles. The first-order valence-electron chi connectivity index (χ1n) is 9.74. The lowest BCUT2D eigenvalue weighted by molar-refractivity contribution is -0.885. The summed E-state index contributed by atoms with van der Waals surface area (Å²) in [6, 6.07) is 15.9. The Hall–Kier alpha value is -2.70. The summed E-state index contributed by atoms with van der Waals surface area (Å²) in [5.74, 6) is 1.27. The van der Waals surface area contributed by atoms with Crippen molar-refractivity contribution in [3.63, 3.8) is 0 Å². The lowest BCUT2D eigenvalue weighted by Gasteiger charge is -2.12. The van der Waals surface area contributed by atoms with E-state index in [9.17, 15) is 4.79 Å². The van der Waals surface area contributed by atoms with Crippen LogP contribution < -0.4 is 15.0 Å². The molecule has 0 radical (unpaired) electrons. The van der Waals surface area contributed by atoms with Crippen molar-refractivity contribution in [3.8, 4) is 16.3 Å². The van der Waals surface area contributed by atoms with Crippen molar-refractivity contribution < 1.29 is 14.4 Å². The molecule has 0 fully saturated rings. The Kier molecular flexibility index (Phi) is 7.01. The van der Waals surface area contributed by atoms with Crippen molar-refractivity contribution in [2.45, 2.75) is 26.3 Å². The molecule has 0 saturated heterocycles. The highest BCUT2D eigenvalue weighted by atomic mass is 32.1. The van der Waals surface area contributed by atoms with Gasteiger partial charge in [-0.2, -0.15) is 0 Å². The van der Waals surface area contributed by atoms with Crippen molar-refractivity contribution in [1.82, 2.24) is 4.98 Å². The Morgan fingerprint density at radius 3 is 2.45 bits per heavy atom. The van der Waals surface area contributed by atoms with Crippen LogP contribution in [0.2, 0.25) is 0 Å². The fraction of sp³-hybridized carbons (Fsp3) is 0.304. The number of methoxy groups -OCH3 is 1. The van der Waals surface area contributed by atoms with Crippen LogP contribution in [0.3, 0.4) is 0 Å². The van der Waals surface area contributed by atoms with E-state index in [1.807, 2.05) is 31.3 Å². The second kappa shape index (κ2) is 9.67. The Balaban J connectivity index is 1.53. The van der Waals surface area contributed by atoms with E-state index in [2.05, 4.69) is 48.8 Å². The monoisotopic (exact) mass is 410 g/mol. The Morgan fingerprint density at radius 1 is 1.14 bits per heavy atom. The van der Waals surface area contributed by atoms with Gasteiger partial charge in [-0.05, 0) is 35.7 Å². The number of likely N-dealkylation sites (N-methyl/N-ethyl adjacent to an activating group) is 1. The van der Waals surface area contributed by atoms with Gasteiger partial charge in [0.25, 0.3) is 5.91 Å². The number of ether oxygens (including phenoxy) is 1. The number of anilines is 1. The van der Waals surface area contributed by atoms with Gasteiger partial charge in [0.1, 0.15) is 23.0 Å². The molecule has 0 aliphatic carbocycles. The molecule has 5 nitrogen and oxygen atoms in total. The zero-order chi connectivity index (χ0) is 20.8. The van der Waals surface area contributed by atoms with Crippen LogP contribution >= 0.6 is 11.3 Å². The molecule has 0 aliphatic rings. The standard InChI is InChI=1S/C23H27N3O2S/c1-16(2)17-5-7-18(8-6-17)23-25-20(15-29-23)13-26(3)14-22(27)24-19-9-11-21(28-4)12-10-19/h5-12,15-16H,13-14H2,1-4H3,(H,24,27)/p+1. The lowest BCUT2D eigenvalue weighted by atomic mass is 10.0. The second-order valence-electron chi connectivity index (χ2n) is 7.51. The minimum absolute atomic E-state index is 0.0209. The lowest BCUT2D eigenvalue weighted by Crippen LogP contribution is -3.08. The van der Waals surface area contributed by atoms with Crippen LogP contribution in [0.25, 0.3) is 10.6 Å². The fourth-order valence-electron chi connectivity index (χ4n) is 3.06. The molecular formula is C23H28N3O2S+. The van der Waals surface area contributed by atoms with Crippen molar-refractivity contribution in [2.24, 2.45) is 0 Å². The van der Waals surface area contributed by atoms with Gasteiger partial charge in [0.15, 0.2) is 6.54 Å². The Morgan fingerprint density at radius 2 is 1.83 bits per heavy atom. The van der Waals surface area contributed by atoms with E-state index in [1.165, 1.54) is 5.56 Å². The van der Waals surface area contributed by atoms with Gasteiger partial charge in [0.05, 0.1) is 14.2 Å². The van der Waals surface area contributed by atoms with Crippen LogP contribution in [0.5, 0.6) is 5.75 Å². The number of amides is 1. The number of aromatic nitrogens is 1. The third-order valence-electron chi connectivity index (χ3n) is 4.70. The number of nitrogens with zero attached hydrogens (tertiary/aromatic N) is 1. The number of benzene rings is 2. The quantitative estimate of drug-likeness (QED) is 0.597. The van der Waals surface area contributed by atoms with Gasteiger partial charge < -0.3 is 15.0 Å². The zero-order valence-corrected chi connectivity index (χ0v) is 18.2. The molecule has 3 rings (SSSR count). The first-order valence-corrected chi connectivity index (χ1v) is 10.6. The van der Waals surface area contributed by atoms with Gasteiger partial charge in [0.2, 0.25) is 0 Å². The average Bonchev–Trinajstić information content (AvgIpc) is 3.16. The average molecular weight is 411 g/mol. The minimum Gasteiger partial charge on any atom is -0.497 e. The summed E-state index contributed by atoms with van der Waals surface area (Å²) >= 11 is 1.65. The maximum Gasteiger partial charge on any atom is 0.279 e. The topological polar surface area (TPSA) is 55.7 Å². The number of quaternary nitrogens is 1. The van der Waals surface area contributed by atoms with Crippen LogP contribution in [0.15, 0.2) is 53.9 Å². The third-order valence-corrected chi connectivity index (χ3v) is 5.64. The number of thiazole rings is 1. The van der Waals surface area contributed by atoms with Crippen LogP contribution in [-0.2, 0) is 11.3 Å². The minimum atomic E-state index is -0.0209. The van der Waals surface area contributed by atoms with Gasteiger partial charge >= 0.3 is 0 Å². The maximum atomic E-state index is 12.3. The molecule has 0 spiro atoms. The van der Waals surface area contributed by atoms with Crippen LogP contribution in [-0.4, -0.2) is 31.6 Å². The molecule has 0 bridgehead atoms. The first kappa shape index (κ1) is 21.0. The van der Waals surface area contributed by atoms with Crippen LogP contribution in [0, 0.1) is 0 Å². The summed E-state index contributed by atoms with van der Waals surface area (Å²) < 4.78 is 5.13. The molecular weight excluding hydrogens is 382 g/mol. The number of carbonyl (C=O) groups is 1. The highest BCUT2D eigenvalue weighted by Gasteiger charge is 2.14. The molecule has 1 atom stereocenters. The van der Waals surface area contributed by atoms with Gasteiger partial charge in [-0.3, -0.25) is 4.79 Å². The van der Waals surface area contributed by atoms with Crippen LogP contribution in [0.4, 0.5) is 5.69 Å². The third kappa shape index (κ3) is 5.89. The largest absolute Gasteiger partial charge is 0.497 e. The Labute approximate surface area is 176 Å². The highest BCUT2D eigenvalue weighted by molar-refractivity contribution is 7.13. The number of hydrogen-bond donors (Lipinski definition) is 2.